The van der Waals surface area contributed by atoms with E-state index in [0.717, 1.165) is 32.2 Å². The van der Waals surface area contributed by atoms with Crippen LogP contribution in [-0.2, 0) is 10.3 Å². The van der Waals surface area contributed by atoms with E-state index in [0.29, 0.717) is 38.5 Å². The minimum Gasteiger partial charge on any atom is -0.385 e. The number of piperidine rings is 1. The Kier molecular flexibility index (Phi) is 11.7. The Morgan fingerprint density at radius 1 is 1.25 bits per heavy atom. The lowest BCUT2D eigenvalue weighted by atomic mass is 9.74. The van der Waals surface area contributed by atoms with Crippen molar-refractivity contribution < 1.29 is 19.0 Å². The highest BCUT2D eigenvalue weighted by Gasteiger charge is 2.43. The fourth-order valence-electron chi connectivity index (χ4n) is 6.12. The molecule has 1 saturated heterocycles. The highest BCUT2D eigenvalue weighted by Crippen LogP contribution is 2.42. The monoisotopic (exact) mass is 525 g/mol. The first-order valence-corrected chi connectivity index (χ1v) is 14.1. The van der Waals surface area contributed by atoms with Crippen molar-refractivity contribution in [2.45, 2.75) is 82.3 Å². The van der Waals surface area contributed by atoms with Crippen LogP contribution in [0.1, 0.15) is 76.2 Å². The average molecular weight is 526 g/mol. The number of hydrogen-bond acceptors (Lipinski definition) is 4. The number of amides is 2. The number of carbonyl (C=O) groups excluding carboxylic acids is 1. The normalized spacial score (nSPS) is 21.7. The summed E-state index contributed by atoms with van der Waals surface area (Å²) in [6.07, 6.45) is 10.7. The minimum atomic E-state index is -1.41. The van der Waals surface area contributed by atoms with E-state index in [-0.39, 0.29) is 28.6 Å². The van der Waals surface area contributed by atoms with Gasteiger partial charge in [-0.3, -0.25) is 0 Å². The summed E-state index contributed by atoms with van der Waals surface area (Å²) in [5.41, 5.74) is -1.18. The summed E-state index contributed by atoms with van der Waals surface area (Å²) in [5, 5.41) is 18.5. The molecule has 3 N–H and O–H groups in total. The molecule has 2 aliphatic rings. The summed E-state index contributed by atoms with van der Waals surface area (Å²) in [5.74, 6) is -0.195. The van der Waals surface area contributed by atoms with Gasteiger partial charge in [0.05, 0.1) is 10.6 Å². The van der Waals surface area contributed by atoms with Gasteiger partial charge in [0.2, 0.25) is 0 Å². The largest absolute Gasteiger partial charge is 0.385 e. The third-order valence-corrected chi connectivity index (χ3v) is 8.37. The molecule has 0 unspecified atom stereocenters. The van der Waals surface area contributed by atoms with Crippen molar-refractivity contribution in [2.24, 2.45) is 11.8 Å². The lowest BCUT2D eigenvalue weighted by molar-refractivity contribution is -0.0587. The van der Waals surface area contributed by atoms with Crippen LogP contribution in [0.3, 0.4) is 0 Å². The topological polar surface area (TPSA) is 73.8 Å². The molecule has 2 fully saturated rings. The molecule has 0 spiro atoms. The first-order valence-electron chi connectivity index (χ1n) is 13.7. The molecule has 0 bridgehead atoms. The smallest absolute Gasteiger partial charge is 0.317 e. The Morgan fingerprint density at radius 3 is 2.75 bits per heavy atom. The fourth-order valence-corrected chi connectivity index (χ4v) is 6.29. The molecule has 3 atom stereocenters. The maximum Gasteiger partial charge on any atom is 0.317 e. The van der Waals surface area contributed by atoms with Gasteiger partial charge in [0, 0.05) is 50.9 Å². The summed E-state index contributed by atoms with van der Waals surface area (Å²) < 4.78 is 20.3. The van der Waals surface area contributed by atoms with E-state index in [4.69, 9.17) is 16.3 Å². The van der Waals surface area contributed by atoms with Crippen LogP contribution in [0.15, 0.2) is 18.2 Å². The second kappa shape index (κ2) is 14.5. The molecule has 6 nitrogen and oxygen atoms in total. The van der Waals surface area contributed by atoms with E-state index in [2.05, 4.69) is 10.6 Å². The van der Waals surface area contributed by atoms with E-state index in [9.17, 15) is 9.90 Å². The lowest BCUT2D eigenvalue weighted by Gasteiger charge is -2.43. The van der Waals surface area contributed by atoms with Gasteiger partial charge in [-0.2, -0.15) is 0 Å². The van der Waals surface area contributed by atoms with Crippen LogP contribution in [0, 0.1) is 17.7 Å². The van der Waals surface area contributed by atoms with E-state index >= 15 is 4.39 Å². The van der Waals surface area contributed by atoms with E-state index in [1.807, 2.05) is 7.05 Å². The molecular formula is C28H45ClFN3O3. The minimum absolute atomic E-state index is 0.00541. The third-order valence-electron chi connectivity index (χ3n) is 8.08. The number of hydrogen-bond donors (Lipinski definition) is 3. The van der Waals surface area contributed by atoms with Gasteiger partial charge in [0.25, 0.3) is 0 Å². The van der Waals surface area contributed by atoms with Gasteiger partial charge in [-0.25, -0.2) is 9.18 Å². The number of halogens is 2. The van der Waals surface area contributed by atoms with Gasteiger partial charge in [-0.15, -0.1) is 0 Å². The summed E-state index contributed by atoms with van der Waals surface area (Å²) >= 11 is 6.10. The maximum atomic E-state index is 15.1. The number of rotatable bonds is 12. The quantitative estimate of drug-likeness (QED) is 0.317. The molecule has 1 aromatic carbocycles. The van der Waals surface area contributed by atoms with Crippen LogP contribution >= 0.6 is 11.6 Å². The molecule has 204 valence electrons. The second-order valence-electron chi connectivity index (χ2n) is 10.7. The van der Waals surface area contributed by atoms with Gasteiger partial charge in [0.1, 0.15) is 5.82 Å². The molecule has 1 heterocycles. The highest BCUT2D eigenvalue weighted by atomic mass is 35.5. The third kappa shape index (κ3) is 7.80. The molecule has 3 rings (SSSR count). The van der Waals surface area contributed by atoms with E-state index in [1.54, 1.807) is 24.1 Å². The lowest BCUT2D eigenvalue weighted by Crippen LogP contribution is -2.54. The molecule has 0 aromatic heterocycles. The number of benzene rings is 1. The van der Waals surface area contributed by atoms with Gasteiger partial charge in [-0.05, 0) is 57.6 Å². The molecule has 1 aromatic rings. The highest BCUT2D eigenvalue weighted by molar-refractivity contribution is 6.30. The van der Waals surface area contributed by atoms with Gasteiger partial charge in [0.15, 0.2) is 0 Å². The molecular weight excluding hydrogens is 481 g/mol. The Bertz CT molecular complexity index is 823. The Morgan fingerprint density at radius 2 is 2.03 bits per heavy atom. The molecule has 0 radical (unpaired) electrons. The number of nitrogens with zero attached hydrogens (tertiary/aromatic N) is 1. The van der Waals surface area contributed by atoms with Crippen molar-refractivity contribution in [3.63, 3.8) is 0 Å². The standard InChI is InChI=1S/C28H45ClFN3O3/c1-31-19-23(18-21-10-4-3-5-11-21)32-27(34)33-16-9-12-22(20-33)28(35,15-6-7-17-36-2)24-13-8-14-25(29)26(24)30/h8,13-14,21-23,31,35H,3-7,9-12,15-20H2,1-2H3,(H,32,34)/t22-,23+,28+/m1/s1. The van der Waals surface area contributed by atoms with Gasteiger partial charge in [-0.1, -0.05) is 55.8 Å². The average Bonchev–Trinajstić information content (AvgIpc) is 2.89. The number of urea groups is 1. The Labute approximate surface area is 221 Å². The number of nitrogens with one attached hydrogen (secondary N) is 2. The summed E-state index contributed by atoms with van der Waals surface area (Å²) in [6, 6.07) is 4.79. The molecule has 36 heavy (non-hydrogen) atoms. The van der Waals surface area contributed by atoms with Gasteiger partial charge < -0.3 is 25.4 Å². The molecule has 8 heteroatoms. The Balaban J connectivity index is 1.72. The zero-order valence-electron chi connectivity index (χ0n) is 22.0. The predicted octanol–water partition coefficient (Wildman–Crippen LogP) is 5.46. The van der Waals surface area contributed by atoms with Crippen LogP contribution < -0.4 is 10.6 Å². The maximum absolute atomic E-state index is 15.1. The van der Waals surface area contributed by atoms with Crippen molar-refractivity contribution in [1.29, 1.82) is 0 Å². The first-order chi connectivity index (χ1) is 17.4. The van der Waals surface area contributed by atoms with Crippen LogP contribution in [0.5, 0.6) is 0 Å². The van der Waals surface area contributed by atoms with E-state index in [1.165, 1.54) is 38.2 Å². The van der Waals surface area contributed by atoms with E-state index < -0.39 is 11.4 Å². The van der Waals surface area contributed by atoms with Crippen molar-refractivity contribution in [3.8, 4) is 0 Å². The number of carbonyl (C=O) groups is 1. The summed E-state index contributed by atoms with van der Waals surface area (Å²) in [7, 11) is 3.57. The predicted molar refractivity (Wildman–Crippen MR) is 143 cm³/mol. The van der Waals surface area contributed by atoms with Crippen LogP contribution in [0.4, 0.5) is 9.18 Å². The number of methoxy groups -OCH3 is 1. The molecule has 2 amide bonds. The summed E-state index contributed by atoms with van der Waals surface area (Å²) in [6.45, 7) is 2.34. The van der Waals surface area contributed by atoms with Crippen molar-refractivity contribution in [3.05, 3.63) is 34.6 Å². The van der Waals surface area contributed by atoms with Crippen LogP contribution in [-0.4, -0.2) is 62.5 Å². The molecule has 1 saturated carbocycles. The van der Waals surface area contributed by atoms with Gasteiger partial charge >= 0.3 is 6.03 Å². The van der Waals surface area contributed by atoms with Crippen LogP contribution in [0.2, 0.25) is 5.02 Å². The van der Waals surface area contributed by atoms with Crippen LogP contribution in [0.25, 0.3) is 0 Å². The van der Waals surface area contributed by atoms with Crippen molar-refractivity contribution in [2.75, 3.05) is 40.4 Å². The summed E-state index contributed by atoms with van der Waals surface area (Å²) in [4.78, 5) is 15.2. The molecule has 1 aliphatic heterocycles. The number of likely N-dealkylation sites (N-methyl/N-ethyl adjacent to an activating group) is 1. The number of likely N-dealkylation sites (tertiary alicyclic amines) is 1. The van der Waals surface area contributed by atoms with Crippen molar-refractivity contribution >= 4 is 17.6 Å². The fraction of sp³-hybridized carbons (Fsp3) is 0.750. The van der Waals surface area contributed by atoms with Crippen molar-refractivity contribution in [1.82, 2.24) is 15.5 Å². The number of ether oxygens (including phenoxy) is 1. The SMILES string of the molecule is CNC[C@H](CC1CCCCC1)NC(=O)N1CCC[C@@H]([C@@](O)(CCCCOC)c2cccc(Cl)c2F)C1. The second-order valence-corrected chi connectivity index (χ2v) is 11.1. The zero-order valence-corrected chi connectivity index (χ0v) is 22.8. The number of aliphatic hydroxyl groups is 1. The number of unbranched alkanes of at least 4 members (excludes halogenated alkanes) is 1. The zero-order chi connectivity index (χ0) is 26.0. The first kappa shape index (κ1) is 29.2. The molecule has 1 aliphatic carbocycles. The Hall–Kier alpha value is -1.41.